The van der Waals surface area contributed by atoms with Gasteiger partial charge in [0.05, 0.1) is 5.56 Å². The predicted molar refractivity (Wildman–Crippen MR) is 94.1 cm³/mol. The zero-order valence-corrected chi connectivity index (χ0v) is 14.1. The van der Waals surface area contributed by atoms with Gasteiger partial charge in [-0.25, -0.2) is 4.98 Å². The highest BCUT2D eigenvalue weighted by molar-refractivity contribution is 5.94. The fourth-order valence-electron chi connectivity index (χ4n) is 3.07. The molecular weight excluding hydrogens is 300 g/mol. The van der Waals surface area contributed by atoms with E-state index in [9.17, 15) is 4.79 Å². The summed E-state index contributed by atoms with van der Waals surface area (Å²) in [6, 6.07) is 12.0. The molecule has 3 rings (SSSR count). The smallest absolute Gasteiger partial charge is 0.253 e. The first-order chi connectivity index (χ1) is 11.7. The van der Waals surface area contributed by atoms with Crippen molar-refractivity contribution in [3.05, 3.63) is 59.3 Å². The summed E-state index contributed by atoms with van der Waals surface area (Å²) >= 11 is 0. The van der Waals surface area contributed by atoms with Crippen molar-refractivity contribution in [2.45, 2.75) is 51.7 Å². The fourth-order valence-corrected chi connectivity index (χ4v) is 3.07. The number of hydrogen-bond donors (Lipinski definition) is 1. The number of hydrogen-bond acceptors (Lipinski definition) is 3. The lowest BCUT2D eigenvalue weighted by Gasteiger charge is -2.22. The number of aryl methyl sites for hydroxylation is 1. The van der Waals surface area contributed by atoms with E-state index in [4.69, 9.17) is 4.74 Å². The first-order valence-electron chi connectivity index (χ1n) is 8.66. The van der Waals surface area contributed by atoms with Gasteiger partial charge in [-0.1, -0.05) is 49.1 Å². The van der Waals surface area contributed by atoms with E-state index in [1.165, 1.54) is 24.8 Å². The first-order valence-corrected chi connectivity index (χ1v) is 8.66. The Kier molecular flexibility index (Phi) is 5.47. The lowest BCUT2D eigenvalue weighted by Crippen LogP contribution is -2.36. The van der Waals surface area contributed by atoms with E-state index >= 15 is 0 Å². The molecule has 1 aromatic carbocycles. The summed E-state index contributed by atoms with van der Waals surface area (Å²) in [5.41, 5.74) is 2.90. The van der Waals surface area contributed by atoms with E-state index < -0.39 is 0 Å². The molecule has 1 fully saturated rings. The molecule has 0 saturated heterocycles. The Bertz CT molecular complexity index is 676. The Morgan fingerprint density at radius 3 is 2.75 bits per heavy atom. The van der Waals surface area contributed by atoms with Gasteiger partial charge in [-0.15, -0.1) is 0 Å². The number of ether oxygens (including phenoxy) is 1. The second-order valence-corrected chi connectivity index (χ2v) is 6.47. The molecule has 4 nitrogen and oxygen atoms in total. The maximum Gasteiger partial charge on any atom is 0.253 e. The van der Waals surface area contributed by atoms with Crippen molar-refractivity contribution in [1.29, 1.82) is 0 Å². The minimum absolute atomic E-state index is 0.0420. The molecule has 1 heterocycles. The Hall–Kier alpha value is -2.36. The monoisotopic (exact) mass is 324 g/mol. The molecule has 1 amide bonds. The third kappa shape index (κ3) is 4.57. The number of aromatic nitrogens is 1. The molecule has 1 N–H and O–H groups in total. The van der Waals surface area contributed by atoms with Crippen molar-refractivity contribution in [3.8, 4) is 5.88 Å². The average molecular weight is 324 g/mol. The van der Waals surface area contributed by atoms with Crippen LogP contribution in [0.3, 0.4) is 0 Å². The molecule has 126 valence electrons. The predicted octanol–water partition coefficient (Wildman–Crippen LogP) is 4.03. The van der Waals surface area contributed by atoms with Crippen molar-refractivity contribution in [1.82, 2.24) is 10.3 Å². The van der Waals surface area contributed by atoms with Gasteiger partial charge in [-0.2, -0.15) is 0 Å². The van der Waals surface area contributed by atoms with Crippen LogP contribution in [0.5, 0.6) is 5.88 Å². The first kappa shape index (κ1) is 16.5. The van der Waals surface area contributed by atoms with Crippen LogP contribution in [0.1, 0.15) is 53.6 Å². The maximum atomic E-state index is 12.2. The highest BCUT2D eigenvalue weighted by atomic mass is 16.5. The Morgan fingerprint density at radius 2 is 2.04 bits per heavy atom. The summed E-state index contributed by atoms with van der Waals surface area (Å²) in [5.74, 6) is 0.491. The summed E-state index contributed by atoms with van der Waals surface area (Å²) in [6.45, 7) is 2.53. The fraction of sp³-hybridized carbons (Fsp3) is 0.400. The van der Waals surface area contributed by atoms with Crippen LogP contribution in [-0.2, 0) is 6.61 Å². The van der Waals surface area contributed by atoms with Gasteiger partial charge in [0.25, 0.3) is 5.91 Å². The van der Waals surface area contributed by atoms with Crippen LogP contribution in [0, 0.1) is 6.92 Å². The van der Waals surface area contributed by atoms with E-state index in [0.29, 0.717) is 24.1 Å². The van der Waals surface area contributed by atoms with Crippen molar-refractivity contribution in [3.63, 3.8) is 0 Å². The second kappa shape index (κ2) is 7.95. The standard InChI is InChI=1S/C20H24N2O2/c1-15-6-5-7-16(12-15)14-24-19-11-10-17(13-21-19)20(23)22-18-8-3-2-4-9-18/h5-7,10-13,18H,2-4,8-9,14H2,1H3,(H,22,23). The van der Waals surface area contributed by atoms with Crippen molar-refractivity contribution in [2.75, 3.05) is 0 Å². The molecule has 0 spiro atoms. The second-order valence-electron chi connectivity index (χ2n) is 6.47. The van der Waals surface area contributed by atoms with Gasteiger partial charge < -0.3 is 10.1 Å². The van der Waals surface area contributed by atoms with E-state index in [0.717, 1.165) is 18.4 Å². The molecule has 1 aliphatic carbocycles. The Balaban J connectivity index is 1.53. The summed E-state index contributed by atoms with van der Waals surface area (Å²) < 4.78 is 5.69. The minimum atomic E-state index is -0.0420. The molecule has 1 saturated carbocycles. The minimum Gasteiger partial charge on any atom is -0.473 e. The van der Waals surface area contributed by atoms with Crippen LogP contribution in [0.4, 0.5) is 0 Å². The molecule has 0 bridgehead atoms. The van der Waals surface area contributed by atoms with Crippen molar-refractivity contribution >= 4 is 5.91 Å². The number of amides is 1. The van der Waals surface area contributed by atoms with Gasteiger partial charge in [0.2, 0.25) is 5.88 Å². The van der Waals surface area contributed by atoms with Crippen molar-refractivity contribution < 1.29 is 9.53 Å². The zero-order valence-electron chi connectivity index (χ0n) is 14.1. The molecular formula is C20H24N2O2. The van der Waals surface area contributed by atoms with E-state index in [1.807, 2.05) is 12.1 Å². The summed E-state index contributed by atoms with van der Waals surface area (Å²) in [4.78, 5) is 16.5. The molecule has 0 aliphatic heterocycles. The summed E-state index contributed by atoms with van der Waals surface area (Å²) in [7, 11) is 0. The van der Waals surface area contributed by atoms with Gasteiger partial charge in [0.15, 0.2) is 0 Å². The van der Waals surface area contributed by atoms with Gasteiger partial charge in [-0.3, -0.25) is 4.79 Å². The lowest BCUT2D eigenvalue weighted by molar-refractivity contribution is 0.0927. The van der Waals surface area contributed by atoms with Crippen LogP contribution in [0.15, 0.2) is 42.6 Å². The molecule has 1 aromatic heterocycles. The molecule has 0 atom stereocenters. The molecule has 1 aliphatic rings. The zero-order chi connectivity index (χ0) is 16.8. The SMILES string of the molecule is Cc1cccc(COc2ccc(C(=O)NC3CCCCC3)cn2)c1. The highest BCUT2D eigenvalue weighted by Crippen LogP contribution is 2.18. The topological polar surface area (TPSA) is 51.2 Å². The maximum absolute atomic E-state index is 12.2. The van der Waals surface area contributed by atoms with Crippen LogP contribution in [0.2, 0.25) is 0 Å². The Morgan fingerprint density at radius 1 is 1.21 bits per heavy atom. The van der Waals surface area contributed by atoms with Crippen LogP contribution in [0.25, 0.3) is 0 Å². The summed E-state index contributed by atoms with van der Waals surface area (Å²) in [5, 5.41) is 3.10. The van der Waals surface area contributed by atoms with E-state index in [2.05, 4.69) is 29.4 Å². The summed E-state index contributed by atoms with van der Waals surface area (Å²) in [6.07, 6.45) is 7.43. The number of nitrogens with zero attached hydrogens (tertiary/aromatic N) is 1. The molecule has 4 heteroatoms. The normalized spacial score (nSPS) is 15.0. The van der Waals surface area contributed by atoms with Crippen LogP contribution in [-0.4, -0.2) is 16.9 Å². The molecule has 2 aromatic rings. The van der Waals surface area contributed by atoms with E-state index in [-0.39, 0.29) is 5.91 Å². The molecule has 24 heavy (non-hydrogen) atoms. The molecule has 0 unspecified atom stereocenters. The third-order valence-corrected chi connectivity index (χ3v) is 4.41. The van der Waals surface area contributed by atoms with Gasteiger partial charge in [-0.05, 0) is 31.4 Å². The van der Waals surface area contributed by atoms with Gasteiger partial charge in [0, 0.05) is 18.3 Å². The highest BCUT2D eigenvalue weighted by Gasteiger charge is 2.16. The van der Waals surface area contributed by atoms with Crippen molar-refractivity contribution in [2.24, 2.45) is 0 Å². The largest absolute Gasteiger partial charge is 0.473 e. The number of carbonyl (C=O) groups excluding carboxylic acids is 1. The number of pyridine rings is 1. The number of nitrogens with one attached hydrogen (secondary N) is 1. The van der Waals surface area contributed by atoms with Gasteiger partial charge >= 0.3 is 0 Å². The van der Waals surface area contributed by atoms with Gasteiger partial charge in [0.1, 0.15) is 6.61 Å². The van der Waals surface area contributed by atoms with Crippen LogP contribution >= 0.6 is 0 Å². The quantitative estimate of drug-likeness (QED) is 0.903. The van der Waals surface area contributed by atoms with E-state index in [1.54, 1.807) is 18.3 Å². The third-order valence-electron chi connectivity index (χ3n) is 4.41. The Labute approximate surface area is 143 Å². The lowest BCUT2D eigenvalue weighted by atomic mass is 9.95. The number of carbonyl (C=O) groups is 1. The number of benzene rings is 1. The average Bonchev–Trinajstić information content (AvgIpc) is 2.61. The van der Waals surface area contributed by atoms with Crippen LogP contribution < -0.4 is 10.1 Å². The molecule has 0 radical (unpaired) electrons. The number of rotatable bonds is 5.